The minimum atomic E-state index is -0.943. The van der Waals surface area contributed by atoms with Crippen LogP contribution in [0.5, 0.6) is 0 Å². The molecule has 0 spiro atoms. The van der Waals surface area contributed by atoms with E-state index in [9.17, 15) is 5.11 Å². The molecule has 0 amide bonds. The summed E-state index contributed by atoms with van der Waals surface area (Å²) in [6, 6.07) is 9.47. The van der Waals surface area contributed by atoms with Crippen LogP contribution in [0.2, 0.25) is 0 Å². The Morgan fingerprint density at radius 1 is 1.32 bits per heavy atom. The van der Waals surface area contributed by atoms with Crippen LogP contribution in [0, 0.1) is 5.92 Å². The molecule has 3 N–H and O–H groups in total. The molecule has 4 nitrogen and oxygen atoms in total. The molecule has 0 bridgehead atoms. The number of aliphatic hydroxyl groups is 1. The lowest BCUT2D eigenvalue weighted by Gasteiger charge is -2.42. The van der Waals surface area contributed by atoms with Gasteiger partial charge in [-0.15, -0.1) is 0 Å². The van der Waals surface area contributed by atoms with Gasteiger partial charge in [-0.2, -0.15) is 0 Å². The van der Waals surface area contributed by atoms with Gasteiger partial charge in [0, 0.05) is 5.92 Å². The summed E-state index contributed by atoms with van der Waals surface area (Å²) in [4.78, 5) is 0. The molecule has 0 aliphatic carbocycles. The maximum absolute atomic E-state index is 9.84. The van der Waals surface area contributed by atoms with Crippen LogP contribution >= 0.6 is 0 Å². The predicted octanol–water partition coefficient (Wildman–Crippen LogP) is 1.66. The maximum atomic E-state index is 9.84. The molecular weight excluding hydrogens is 242 g/mol. The average Bonchev–Trinajstić information content (AvgIpc) is 2.44. The van der Waals surface area contributed by atoms with Gasteiger partial charge in [0.2, 0.25) is 0 Å². The second-order valence-corrected chi connectivity index (χ2v) is 5.17. The number of rotatable bonds is 4. The molecule has 1 fully saturated rings. The lowest BCUT2D eigenvalue weighted by atomic mass is 9.88. The fourth-order valence-electron chi connectivity index (χ4n) is 2.62. The zero-order chi connectivity index (χ0) is 13.8. The molecule has 1 aliphatic heterocycles. The Morgan fingerprint density at radius 2 is 2.00 bits per heavy atom. The van der Waals surface area contributed by atoms with Crippen LogP contribution in [-0.2, 0) is 16.1 Å². The number of benzene rings is 1. The van der Waals surface area contributed by atoms with Crippen molar-refractivity contribution in [1.29, 1.82) is 0 Å². The zero-order valence-corrected chi connectivity index (χ0v) is 11.5. The summed E-state index contributed by atoms with van der Waals surface area (Å²) in [5, 5.41) is 9.84. The van der Waals surface area contributed by atoms with Gasteiger partial charge in [0.05, 0.1) is 24.9 Å². The lowest BCUT2D eigenvalue weighted by Crippen LogP contribution is -2.58. The molecule has 106 valence electrons. The summed E-state index contributed by atoms with van der Waals surface area (Å²) in [6.45, 7) is 4.61. The SMILES string of the molecule is CC[C@H]1OC(O)[C@H](N)[C@@H](OCc2ccccc2)[C@@H]1C. The number of hydrogen-bond donors (Lipinski definition) is 2. The first-order valence-corrected chi connectivity index (χ1v) is 6.88. The van der Waals surface area contributed by atoms with Gasteiger partial charge < -0.3 is 20.3 Å². The highest BCUT2D eigenvalue weighted by Gasteiger charge is 2.41. The van der Waals surface area contributed by atoms with E-state index in [-0.39, 0.29) is 18.1 Å². The first-order chi connectivity index (χ1) is 9.13. The zero-order valence-electron chi connectivity index (χ0n) is 11.5. The van der Waals surface area contributed by atoms with Crippen LogP contribution in [0.25, 0.3) is 0 Å². The smallest absolute Gasteiger partial charge is 0.172 e. The van der Waals surface area contributed by atoms with Crippen molar-refractivity contribution >= 4 is 0 Å². The van der Waals surface area contributed by atoms with Gasteiger partial charge in [-0.25, -0.2) is 0 Å². The topological polar surface area (TPSA) is 64.7 Å². The molecule has 4 heteroatoms. The van der Waals surface area contributed by atoms with Gasteiger partial charge >= 0.3 is 0 Å². The molecule has 1 heterocycles. The first-order valence-electron chi connectivity index (χ1n) is 6.88. The van der Waals surface area contributed by atoms with Gasteiger partial charge in [-0.05, 0) is 12.0 Å². The molecule has 0 radical (unpaired) electrons. The van der Waals surface area contributed by atoms with E-state index in [0.717, 1.165) is 12.0 Å². The van der Waals surface area contributed by atoms with E-state index in [1.807, 2.05) is 37.3 Å². The molecule has 5 atom stereocenters. The van der Waals surface area contributed by atoms with Crippen LogP contribution in [0.3, 0.4) is 0 Å². The molecule has 19 heavy (non-hydrogen) atoms. The summed E-state index contributed by atoms with van der Waals surface area (Å²) in [7, 11) is 0. The Morgan fingerprint density at radius 3 is 2.63 bits per heavy atom. The van der Waals surface area contributed by atoms with Gasteiger partial charge in [0.15, 0.2) is 6.29 Å². The standard InChI is InChI=1S/C15H23NO3/c1-3-12-10(2)14(13(16)15(17)19-12)18-9-11-7-5-4-6-8-11/h4-8,10,12-15,17H,3,9,16H2,1-2H3/t10-,12-,13-,14+,15?/m1/s1. The van der Waals surface area contributed by atoms with Crippen molar-refractivity contribution in [3.8, 4) is 0 Å². The number of nitrogens with two attached hydrogens (primary N) is 1. The lowest BCUT2D eigenvalue weighted by molar-refractivity contribution is -0.233. The van der Waals surface area contributed by atoms with Crippen molar-refractivity contribution in [2.45, 2.75) is 51.4 Å². The van der Waals surface area contributed by atoms with Crippen LogP contribution in [0.1, 0.15) is 25.8 Å². The quantitative estimate of drug-likeness (QED) is 0.869. The summed E-state index contributed by atoms with van der Waals surface area (Å²) >= 11 is 0. The summed E-state index contributed by atoms with van der Waals surface area (Å²) < 4.78 is 11.4. The summed E-state index contributed by atoms with van der Waals surface area (Å²) in [5.74, 6) is 0.173. The van der Waals surface area contributed by atoms with Gasteiger partial charge in [0.25, 0.3) is 0 Å². The van der Waals surface area contributed by atoms with Crippen molar-refractivity contribution in [2.75, 3.05) is 0 Å². The highest BCUT2D eigenvalue weighted by molar-refractivity contribution is 5.13. The highest BCUT2D eigenvalue weighted by atomic mass is 16.6. The number of hydrogen-bond acceptors (Lipinski definition) is 4. The fraction of sp³-hybridized carbons (Fsp3) is 0.600. The Balaban J connectivity index is 2.00. The van der Waals surface area contributed by atoms with Gasteiger partial charge in [-0.3, -0.25) is 0 Å². The normalized spacial score (nSPS) is 35.3. The van der Waals surface area contributed by atoms with Crippen molar-refractivity contribution < 1.29 is 14.6 Å². The molecule has 1 saturated heterocycles. The molecule has 0 aromatic heterocycles. The molecule has 2 rings (SSSR count). The summed E-state index contributed by atoms with van der Waals surface area (Å²) in [5.41, 5.74) is 7.10. The van der Waals surface area contributed by atoms with Crippen LogP contribution in [-0.4, -0.2) is 29.6 Å². The predicted molar refractivity (Wildman–Crippen MR) is 73.3 cm³/mol. The van der Waals surface area contributed by atoms with Crippen LogP contribution in [0.15, 0.2) is 30.3 Å². The second kappa shape index (κ2) is 6.48. The van der Waals surface area contributed by atoms with Gasteiger partial charge in [0.1, 0.15) is 0 Å². The highest BCUT2D eigenvalue weighted by Crippen LogP contribution is 2.28. The van der Waals surface area contributed by atoms with Crippen molar-refractivity contribution in [1.82, 2.24) is 0 Å². The average molecular weight is 265 g/mol. The third-order valence-electron chi connectivity index (χ3n) is 3.82. The maximum Gasteiger partial charge on any atom is 0.172 e. The molecule has 1 aliphatic rings. The van der Waals surface area contributed by atoms with Crippen molar-refractivity contribution in [2.24, 2.45) is 11.7 Å². The van der Waals surface area contributed by atoms with E-state index < -0.39 is 12.3 Å². The van der Waals surface area contributed by atoms with Crippen LogP contribution < -0.4 is 5.73 Å². The molecule has 1 unspecified atom stereocenters. The minimum Gasteiger partial charge on any atom is -0.371 e. The van der Waals surface area contributed by atoms with Crippen molar-refractivity contribution in [3.05, 3.63) is 35.9 Å². The Kier molecular flexibility index (Phi) is 4.93. The fourth-order valence-corrected chi connectivity index (χ4v) is 2.62. The monoisotopic (exact) mass is 265 g/mol. The van der Waals surface area contributed by atoms with Crippen molar-refractivity contribution in [3.63, 3.8) is 0 Å². The van der Waals surface area contributed by atoms with E-state index in [1.54, 1.807) is 0 Å². The Bertz CT molecular complexity index is 384. The summed E-state index contributed by atoms with van der Waals surface area (Å²) in [6.07, 6.45) is -0.290. The molecular formula is C15H23NO3. The first kappa shape index (κ1) is 14.5. The van der Waals surface area contributed by atoms with Gasteiger partial charge in [-0.1, -0.05) is 44.2 Å². The third-order valence-corrected chi connectivity index (χ3v) is 3.82. The van der Waals surface area contributed by atoms with E-state index in [0.29, 0.717) is 6.61 Å². The number of aliphatic hydroxyl groups excluding tert-OH is 1. The minimum absolute atomic E-state index is 0.00410. The Hall–Kier alpha value is -0.940. The van der Waals surface area contributed by atoms with E-state index >= 15 is 0 Å². The third kappa shape index (κ3) is 3.34. The Labute approximate surface area is 114 Å². The van der Waals surface area contributed by atoms with E-state index in [2.05, 4.69) is 6.92 Å². The molecule has 0 saturated carbocycles. The second-order valence-electron chi connectivity index (χ2n) is 5.17. The van der Waals surface area contributed by atoms with E-state index in [4.69, 9.17) is 15.2 Å². The number of ether oxygens (including phenoxy) is 2. The molecule has 1 aromatic carbocycles. The molecule has 1 aromatic rings. The van der Waals surface area contributed by atoms with Crippen LogP contribution in [0.4, 0.5) is 0 Å². The largest absolute Gasteiger partial charge is 0.371 e. The van der Waals surface area contributed by atoms with E-state index in [1.165, 1.54) is 0 Å².